The molecule has 0 unspecified atom stereocenters. The second kappa shape index (κ2) is 9.76. The Morgan fingerprint density at radius 3 is 2.41 bits per heavy atom. The molecule has 1 amide bonds. The van der Waals surface area contributed by atoms with Crippen LogP contribution < -0.4 is 19.7 Å². The number of carbonyl (C=O) groups excluding carboxylic acids is 1. The van der Waals surface area contributed by atoms with E-state index >= 15 is 0 Å². The van der Waals surface area contributed by atoms with Crippen molar-refractivity contribution < 1.29 is 22.7 Å². The molecule has 0 heterocycles. The largest absolute Gasteiger partial charge is 0.493 e. The Kier molecular flexibility index (Phi) is 7.64. The molecule has 0 saturated heterocycles. The highest BCUT2D eigenvalue weighted by Gasteiger charge is 2.19. The maximum absolute atomic E-state index is 12.5. The van der Waals surface area contributed by atoms with Crippen molar-refractivity contribution in [2.45, 2.75) is 39.0 Å². The molecule has 0 aliphatic carbocycles. The lowest BCUT2D eigenvalue weighted by molar-refractivity contribution is 0.0944. The first-order chi connectivity index (χ1) is 13.6. The molecular formula is C21H28N2O5S. The Hall–Kier alpha value is -2.58. The Morgan fingerprint density at radius 1 is 1.07 bits per heavy atom. The van der Waals surface area contributed by atoms with Gasteiger partial charge in [0, 0.05) is 5.56 Å². The third kappa shape index (κ3) is 6.20. The average molecular weight is 421 g/mol. The Labute approximate surface area is 172 Å². The van der Waals surface area contributed by atoms with Gasteiger partial charge in [-0.2, -0.15) is 0 Å². The number of hydrazine groups is 1. The highest BCUT2D eigenvalue weighted by Crippen LogP contribution is 2.28. The van der Waals surface area contributed by atoms with Gasteiger partial charge in [0.15, 0.2) is 11.5 Å². The van der Waals surface area contributed by atoms with Gasteiger partial charge in [0.1, 0.15) is 0 Å². The SMILES string of the molecule is COc1cc(C(=O)NNS(=O)(=O)c2ccc(C)cc2C)ccc1OCCC(C)C. The molecule has 0 bridgehead atoms. The minimum atomic E-state index is -3.89. The van der Waals surface area contributed by atoms with Crippen LogP contribution >= 0.6 is 0 Å². The molecule has 0 aliphatic rings. The molecule has 29 heavy (non-hydrogen) atoms. The molecule has 0 atom stereocenters. The fourth-order valence-corrected chi connectivity index (χ4v) is 3.74. The van der Waals surface area contributed by atoms with Gasteiger partial charge in [-0.25, -0.2) is 8.42 Å². The van der Waals surface area contributed by atoms with Crippen molar-refractivity contribution in [3.05, 3.63) is 53.1 Å². The summed E-state index contributed by atoms with van der Waals surface area (Å²) in [5.41, 5.74) is 4.02. The molecule has 7 nitrogen and oxygen atoms in total. The number of carbonyl (C=O) groups is 1. The Balaban J connectivity index is 2.08. The monoisotopic (exact) mass is 420 g/mol. The van der Waals surface area contributed by atoms with Gasteiger partial charge in [0.05, 0.1) is 18.6 Å². The predicted molar refractivity (Wildman–Crippen MR) is 112 cm³/mol. The zero-order valence-corrected chi connectivity index (χ0v) is 18.2. The number of aryl methyl sites for hydroxylation is 2. The molecule has 0 aromatic heterocycles. The summed E-state index contributed by atoms with van der Waals surface area (Å²) in [5, 5.41) is 0. The van der Waals surface area contributed by atoms with Crippen molar-refractivity contribution in [2.75, 3.05) is 13.7 Å². The maximum Gasteiger partial charge on any atom is 0.266 e. The zero-order valence-electron chi connectivity index (χ0n) is 17.4. The Morgan fingerprint density at radius 2 is 1.79 bits per heavy atom. The van der Waals surface area contributed by atoms with Crippen molar-refractivity contribution in [3.8, 4) is 11.5 Å². The van der Waals surface area contributed by atoms with Crippen LogP contribution in [0.3, 0.4) is 0 Å². The van der Waals surface area contributed by atoms with Crippen LogP contribution in [0.15, 0.2) is 41.3 Å². The summed E-state index contributed by atoms with van der Waals surface area (Å²) in [6, 6.07) is 9.66. The molecule has 2 aromatic rings. The van der Waals surface area contributed by atoms with Crippen LogP contribution in [0.5, 0.6) is 11.5 Å². The van der Waals surface area contributed by atoms with E-state index in [9.17, 15) is 13.2 Å². The van der Waals surface area contributed by atoms with Crippen molar-refractivity contribution in [2.24, 2.45) is 5.92 Å². The third-order valence-electron chi connectivity index (χ3n) is 4.30. The van der Waals surface area contributed by atoms with Gasteiger partial charge >= 0.3 is 0 Å². The molecular weight excluding hydrogens is 392 g/mol. The minimum absolute atomic E-state index is 0.106. The van der Waals surface area contributed by atoms with E-state index in [0.29, 0.717) is 29.6 Å². The van der Waals surface area contributed by atoms with Gasteiger partial charge in [-0.15, -0.1) is 4.83 Å². The van der Waals surface area contributed by atoms with E-state index in [1.807, 2.05) is 6.92 Å². The van der Waals surface area contributed by atoms with E-state index in [4.69, 9.17) is 9.47 Å². The molecule has 0 spiro atoms. The summed E-state index contributed by atoms with van der Waals surface area (Å²) < 4.78 is 36.0. The second-order valence-corrected chi connectivity index (χ2v) is 8.88. The van der Waals surface area contributed by atoms with Gasteiger partial charge in [0.2, 0.25) is 0 Å². The van der Waals surface area contributed by atoms with Crippen LogP contribution in [-0.4, -0.2) is 28.0 Å². The van der Waals surface area contributed by atoms with Crippen LogP contribution in [0.1, 0.15) is 41.8 Å². The molecule has 2 aromatic carbocycles. The van der Waals surface area contributed by atoms with Gasteiger partial charge in [-0.1, -0.05) is 31.5 Å². The van der Waals surface area contributed by atoms with E-state index in [-0.39, 0.29) is 10.5 Å². The second-order valence-electron chi connectivity index (χ2n) is 7.23. The van der Waals surface area contributed by atoms with Crippen LogP contribution in [-0.2, 0) is 10.0 Å². The number of hydrogen-bond acceptors (Lipinski definition) is 5. The normalized spacial score (nSPS) is 11.4. The van der Waals surface area contributed by atoms with Crippen molar-refractivity contribution in [1.29, 1.82) is 0 Å². The number of benzene rings is 2. The number of methoxy groups -OCH3 is 1. The van der Waals surface area contributed by atoms with Gasteiger partial charge in [-0.3, -0.25) is 10.2 Å². The highest BCUT2D eigenvalue weighted by atomic mass is 32.2. The summed E-state index contributed by atoms with van der Waals surface area (Å²) in [6.07, 6.45) is 0.894. The summed E-state index contributed by atoms with van der Waals surface area (Å²) in [5.74, 6) is 0.834. The molecule has 0 radical (unpaired) electrons. The molecule has 0 fully saturated rings. The first-order valence-corrected chi connectivity index (χ1v) is 10.8. The lowest BCUT2D eigenvalue weighted by atomic mass is 10.1. The maximum atomic E-state index is 12.5. The number of amides is 1. The van der Waals surface area contributed by atoms with E-state index in [0.717, 1.165) is 12.0 Å². The lowest BCUT2D eigenvalue weighted by Gasteiger charge is -2.14. The Bertz CT molecular complexity index is 971. The molecule has 0 aliphatic heterocycles. The topological polar surface area (TPSA) is 93.7 Å². The van der Waals surface area contributed by atoms with Crippen molar-refractivity contribution in [3.63, 3.8) is 0 Å². The zero-order chi connectivity index (χ0) is 21.6. The van der Waals surface area contributed by atoms with E-state index < -0.39 is 15.9 Å². The van der Waals surface area contributed by atoms with Crippen LogP contribution in [0.25, 0.3) is 0 Å². The lowest BCUT2D eigenvalue weighted by Crippen LogP contribution is -2.41. The summed E-state index contributed by atoms with van der Waals surface area (Å²) in [6.45, 7) is 8.32. The predicted octanol–water partition coefficient (Wildman–Crippen LogP) is 3.36. The van der Waals surface area contributed by atoms with Crippen molar-refractivity contribution in [1.82, 2.24) is 10.3 Å². The first kappa shape index (κ1) is 22.7. The molecule has 0 saturated carbocycles. The smallest absolute Gasteiger partial charge is 0.266 e. The number of hydrogen-bond donors (Lipinski definition) is 2. The van der Waals surface area contributed by atoms with Crippen LogP contribution in [0.4, 0.5) is 0 Å². The van der Waals surface area contributed by atoms with E-state index in [1.165, 1.54) is 19.2 Å². The van der Waals surface area contributed by atoms with Gasteiger partial charge in [0.25, 0.3) is 15.9 Å². The number of rotatable bonds is 9. The number of nitrogens with one attached hydrogen (secondary N) is 2. The van der Waals surface area contributed by atoms with Crippen LogP contribution in [0.2, 0.25) is 0 Å². The minimum Gasteiger partial charge on any atom is -0.493 e. The van der Waals surface area contributed by atoms with Crippen molar-refractivity contribution >= 4 is 15.9 Å². The van der Waals surface area contributed by atoms with Gasteiger partial charge < -0.3 is 9.47 Å². The third-order valence-corrected chi connectivity index (χ3v) is 5.71. The number of sulfonamides is 1. The molecule has 2 N–H and O–H groups in total. The molecule has 2 rings (SSSR count). The fraction of sp³-hybridized carbons (Fsp3) is 0.381. The highest BCUT2D eigenvalue weighted by molar-refractivity contribution is 7.89. The standard InChI is InChI=1S/C21H28N2O5S/c1-14(2)10-11-28-18-8-7-17(13-19(18)27-5)21(24)22-23-29(25,26)20-9-6-15(3)12-16(20)4/h6-9,12-14,23H,10-11H2,1-5H3,(H,22,24). The van der Waals surface area contributed by atoms with Crippen LogP contribution in [0, 0.1) is 19.8 Å². The quantitative estimate of drug-likeness (QED) is 0.607. The number of ether oxygens (including phenoxy) is 2. The summed E-state index contributed by atoms with van der Waals surface area (Å²) >= 11 is 0. The summed E-state index contributed by atoms with van der Waals surface area (Å²) in [4.78, 5) is 14.6. The molecule has 8 heteroatoms. The van der Waals surface area contributed by atoms with E-state index in [1.54, 1.807) is 31.2 Å². The summed E-state index contributed by atoms with van der Waals surface area (Å²) in [7, 11) is -2.41. The fourth-order valence-electron chi connectivity index (χ4n) is 2.67. The molecule has 158 valence electrons. The van der Waals surface area contributed by atoms with E-state index in [2.05, 4.69) is 24.1 Å². The van der Waals surface area contributed by atoms with Gasteiger partial charge in [-0.05, 0) is 56.0 Å². The average Bonchev–Trinajstić information content (AvgIpc) is 2.65. The first-order valence-electron chi connectivity index (χ1n) is 9.34.